The van der Waals surface area contributed by atoms with Crippen molar-refractivity contribution in [2.75, 3.05) is 13.1 Å². The minimum absolute atomic E-state index is 0.162. The summed E-state index contributed by atoms with van der Waals surface area (Å²) in [6.07, 6.45) is 3.93. The highest BCUT2D eigenvalue weighted by molar-refractivity contribution is 9.10. The van der Waals surface area contributed by atoms with Crippen LogP contribution in [0.25, 0.3) is 0 Å². The van der Waals surface area contributed by atoms with Gasteiger partial charge in [0.2, 0.25) is 0 Å². The fraction of sp³-hybridized carbons (Fsp3) is 0.625. The average Bonchev–Trinajstić information content (AvgIpc) is 2.57. The van der Waals surface area contributed by atoms with Crippen LogP contribution in [-0.4, -0.2) is 24.0 Å². The molecule has 0 spiro atoms. The van der Waals surface area contributed by atoms with E-state index < -0.39 is 0 Å². The van der Waals surface area contributed by atoms with Crippen LogP contribution in [-0.2, 0) is 0 Å². The molecule has 106 valence electrons. The number of halogens is 1. The van der Waals surface area contributed by atoms with Gasteiger partial charge in [-0.15, -0.1) is 0 Å². The lowest BCUT2D eigenvalue weighted by Gasteiger charge is -2.34. The molecule has 3 atom stereocenters. The van der Waals surface area contributed by atoms with Crippen LogP contribution in [0.5, 0.6) is 0 Å². The van der Waals surface area contributed by atoms with Crippen LogP contribution >= 0.6 is 15.9 Å². The Morgan fingerprint density at radius 2 is 1.89 bits per heavy atom. The standard InChI is InChI=1S/C16H25BrN2/c1-12-4-3-10-19(11-9-12)16(13(2)18)14-5-7-15(17)8-6-14/h5-8,12-13,16H,3-4,9-11,18H2,1-2H3. The van der Waals surface area contributed by atoms with Crippen molar-refractivity contribution >= 4 is 15.9 Å². The molecule has 1 fully saturated rings. The minimum Gasteiger partial charge on any atom is -0.326 e. The normalized spacial score (nSPS) is 24.7. The van der Waals surface area contributed by atoms with Gasteiger partial charge in [-0.1, -0.05) is 35.0 Å². The predicted octanol–water partition coefficient (Wildman–Crippen LogP) is 3.96. The SMILES string of the molecule is CC1CCCN(C(c2ccc(Br)cc2)C(C)N)CC1. The van der Waals surface area contributed by atoms with E-state index in [1.165, 1.54) is 37.9 Å². The Kier molecular flexibility index (Phi) is 5.43. The molecule has 1 aliphatic rings. The molecular formula is C16H25BrN2. The summed E-state index contributed by atoms with van der Waals surface area (Å²) in [4.78, 5) is 2.58. The van der Waals surface area contributed by atoms with Gasteiger partial charge in [0.15, 0.2) is 0 Å². The maximum absolute atomic E-state index is 6.27. The third kappa shape index (κ3) is 4.04. The average molecular weight is 325 g/mol. The lowest BCUT2D eigenvalue weighted by Crippen LogP contribution is -2.40. The van der Waals surface area contributed by atoms with Crippen molar-refractivity contribution in [2.24, 2.45) is 11.7 Å². The van der Waals surface area contributed by atoms with Crippen LogP contribution in [0.1, 0.15) is 44.7 Å². The van der Waals surface area contributed by atoms with Gasteiger partial charge in [-0.25, -0.2) is 0 Å². The molecule has 3 heteroatoms. The molecule has 0 aromatic heterocycles. The van der Waals surface area contributed by atoms with E-state index in [-0.39, 0.29) is 6.04 Å². The van der Waals surface area contributed by atoms with Crippen LogP contribution < -0.4 is 5.73 Å². The van der Waals surface area contributed by atoms with Gasteiger partial charge in [0.05, 0.1) is 0 Å². The highest BCUT2D eigenvalue weighted by Crippen LogP contribution is 2.28. The molecule has 0 amide bonds. The Morgan fingerprint density at radius 3 is 2.53 bits per heavy atom. The first-order valence-corrected chi connectivity index (χ1v) is 8.12. The van der Waals surface area contributed by atoms with Gasteiger partial charge in [0, 0.05) is 16.6 Å². The van der Waals surface area contributed by atoms with Crippen molar-refractivity contribution in [3.63, 3.8) is 0 Å². The first-order valence-electron chi connectivity index (χ1n) is 7.33. The summed E-state index contributed by atoms with van der Waals surface area (Å²) in [6.45, 7) is 6.83. The van der Waals surface area contributed by atoms with E-state index in [1.54, 1.807) is 0 Å². The molecule has 0 aliphatic carbocycles. The van der Waals surface area contributed by atoms with E-state index in [0.29, 0.717) is 6.04 Å². The molecule has 19 heavy (non-hydrogen) atoms. The number of benzene rings is 1. The zero-order chi connectivity index (χ0) is 13.8. The summed E-state index contributed by atoms with van der Waals surface area (Å²) in [7, 11) is 0. The fourth-order valence-corrected chi connectivity index (χ4v) is 3.33. The van der Waals surface area contributed by atoms with Crippen LogP contribution in [0.3, 0.4) is 0 Å². The molecule has 2 N–H and O–H groups in total. The predicted molar refractivity (Wildman–Crippen MR) is 85.1 cm³/mol. The molecule has 1 aliphatic heterocycles. The number of rotatable bonds is 3. The summed E-state index contributed by atoms with van der Waals surface area (Å²) in [5.41, 5.74) is 7.61. The lowest BCUT2D eigenvalue weighted by atomic mass is 9.99. The molecule has 1 saturated heterocycles. The highest BCUT2D eigenvalue weighted by atomic mass is 79.9. The number of nitrogens with zero attached hydrogens (tertiary/aromatic N) is 1. The molecule has 0 radical (unpaired) electrons. The van der Waals surface area contributed by atoms with E-state index in [9.17, 15) is 0 Å². The van der Waals surface area contributed by atoms with E-state index in [0.717, 1.165) is 10.4 Å². The molecule has 0 saturated carbocycles. The Labute approximate surface area is 125 Å². The molecule has 1 heterocycles. The smallest absolute Gasteiger partial charge is 0.0496 e. The van der Waals surface area contributed by atoms with Gasteiger partial charge in [0.1, 0.15) is 0 Å². The molecular weight excluding hydrogens is 300 g/mol. The summed E-state index contributed by atoms with van der Waals surface area (Å²) in [6, 6.07) is 9.14. The second kappa shape index (κ2) is 6.87. The van der Waals surface area contributed by atoms with Crippen LogP contribution in [0.15, 0.2) is 28.7 Å². The number of likely N-dealkylation sites (tertiary alicyclic amines) is 1. The van der Waals surface area contributed by atoms with E-state index in [4.69, 9.17) is 5.73 Å². The highest BCUT2D eigenvalue weighted by Gasteiger charge is 2.25. The largest absolute Gasteiger partial charge is 0.326 e. The number of hydrogen-bond acceptors (Lipinski definition) is 2. The summed E-state index contributed by atoms with van der Waals surface area (Å²) >= 11 is 3.50. The third-order valence-electron chi connectivity index (χ3n) is 4.15. The lowest BCUT2D eigenvalue weighted by molar-refractivity contribution is 0.181. The van der Waals surface area contributed by atoms with Gasteiger partial charge >= 0.3 is 0 Å². The molecule has 0 bridgehead atoms. The molecule has 3 unspecified atom stereocenters. The monoisotopic (exact) mass is 324 g/mol. The minimum atomic E-state index is 0.162. The van der Waals surface area contributed by atoms with Crippen LogP contribution in [0.4, 0.5) is 0 Å². The maximum Gasteiger partial charge on any atom is 0.0496 e. The Hall–Kier alpha value is -0.380. The Balaban J connectivity index is 2.17. The Bertz CT molecular complexity index is 388. The molecule has 2 rings (SSSR count). The van der Waals surface area contributed by atoms with Crippen molar-refractivity contribution in [3.05, 3.63) is 34.3 Å². The van der Waals surface area contributed by atoms with Crippen molar-refractivity contribution in [3.8, 4) is 0 Å². The van der Waals surface area contributed by atoms with Crippen LogP contribution in [0, 0.1) is 5.92 Å². The maximum atomic E-state index is 6.27. The van der Waals surface area contributed by atoms with Gasteiger partial charge in [-0.2, -0.15) is 0 Å². The Morgan fingerprint density at radius 1 is 1.21 bits per heavy atom. The second-order valence-electron chi connectivity index (χ2n) is 5.93. The van der Waals surface area contributed by atoms with E-state index >= 15 is 0 Å². The van der Waals surface area contributed by atoms with Gasteiger partial charge in [-0.3, -0.25) is 4.90 Å². The summed E-state index contributed by atoms with van der Waals surface area (Å²) in [5, 5.41) is 0. The van der Waals surface area contributed by atoms with E-state index in [2.05, 4.69) is 58.9 Å². The van der Waals surface area contributed by atoms with Crippen LogP contribution in [0.2, 0.25) is 0 Å². The molecule has 1 aromatic carbocycles. The summed E-state index contributed by atoms with van der Waals surface area (Å²) in [5.74, 6) is 0.851. The first kappa shape index (κ1) is 15.0. The van der Waals surface area contributed by atoms with E-state index in [1.807, 2.05) is 0 Å². The van der Waals surface area contributed by atoms with Gasteiger partial charge in [-0.05, 0) is 62.9 Å². The topological polar surface area (TPSA) is 29.3 Å². The van der Waals surface area contributed by atoms with Gasteiger partial charge in [0.25, 0.3) is 0 Å². The number of nitrogens with two attached hydrogens (primary N) is 1. The quantitative estimate of drug-likeness (QED) is 0.911. The second-order valence-corrected chi connectivity index (χ2v) is 6.84. The molecule has 1 aromatic rings. The first-order chi connectivity index (χ1) is 9.08. The fourth-order valence-electron chi connectivity index (χ4n) is 3.07. The zero-order valence-electron chi connectivity index (χ0n) is 12.0. The summed E-state index contributed by atoms with van der Waals surface area (Å²) < 4.78 is 1.13. The van der Waals surface area contributed by atoms with Crippen molar-refractivity contribution in [1.82, 2.24) is 4.90 Å². The zero-order valence-corrected chi connectivity index (χ0v) is 13.6. The third-order valence-corrected chi connectivity index (χ3v) is 4.68. The van der Waals surface area contributed by atoms with Crippen molar-refractivity contribution < 1.29 is 0 Å². The number of hydrogen-bond donors (Lipinski definition) is 1. The molecule has 2 nitrogen and oxygen atoms in total. The van der Waals surface area contributed by atoms with Crippen molar-refractivity contribution in [2.45, 2.75) is 45.2 Å². The van der Waals surface area contributed by atoms with Gasteiger partial charge < -0.3 is 5.73 Å². The van der Waals surface area contributed by atoms with Crippen molar-refractivity contribution in [1.29, 1.82) is 0 Å².